The van der Waals surface area contributed by atoms with Gasteiger partial charge in [-0.3, -0.25) is 0 Å². The highest BCUT2D eigenvalue weighted by molar-refractivity contribution is 5.35. The first-order chi connectivity index (χ1) is 39.3. The standard InChI is InChI=1S/C80H153/c1-13-25-33-37-40-43-46-54-66-78(70-74(58-22-10)62-50-30-18-6)80(68-56-48-45-42-39-35-27-15-3,72-76(60-24-12)64-52-32-20-8)79(67-55-47-44-41-38-34-26-14-2,71-75(59-23-11)63-51-31-19-7)77(65-53-36-28-16-4)69-73(57-21-9)61-49-29-17-5/h43,46,48,55-56,65,67,73-76H,13-42,44-45,47,49-54,57-64,66,68-72H2,1-12H3. The fourth-order valence-corrected chi connectivity index (χ4v) is 14.8. The van der Waals surface area contributed by atoms with Crippen molar-refractivity contribution >= 4 is 0 Å². The lowest BCUT2D eigenvalue weighted by molar-refractivity contribution is 0.0448. The van der Waals surface area contributed by atoms with Gasteiger partial charge in [0.1, 0.15) is 0 Å². The molecule has 0 spiro atoms. The van der Waals surface area contributed by atoms with Crippen molar-refractivity contribution in [3.63, 3.8) is 0 Å². The second-order valence-electron chi connectivity index (χ2n) is 27.0. The van der Waals surface area contributed by atoms with E-state index in [4.69, 9.17) is 0 Å². The van der Waals surface area contributed by atoms with Crippen LogP contribution in [-0.2, 0) is 0 Å². The largest absolute Gasteiger partial charge is 0.0885 e. The summed E-state index contributed by atoms with van der Waals surface area (Å²) in [5.74, 6) is 5.12. The summed E-state index contributed by atoms with van der Waals surface area (Å²) in [5.41, 5.74) is 2.01. The lowest BCUT2D eigenvalue weighted by atomic mass is 9.45. The fourth-order valence-electron chi connectivity index (χ4n) is 14.8. The maximum atomic E-state index is 3.16. The summed E-state index contributed by atoms with van der Waals surface area (Å²) in [6.07, 6.45) is 92.0. The number of unbranched alkanes of at least 4 members (excludes halogenated alkanes) is 26. The van der Waals surface area contributed by atoms with E-state index in [0.29, 0.717) is 0 Å². The molecular formula is C80H153. The topological polar surface area (TPSA) is 0 Å². The van der Waals surface area contributed by atoms with Gasteiger partial charge in [-0.25, -0.2) is 0 Å². The minimum atomic E-state index is -0.00811. The number of hydrogen-bond acceptors (Lipinski definition) is 0. The highest BCUT2D eigenvalue weighted by Gasteiger charge is 2.56. The molecule has 0 nitrogen and oxygen atoms in total. The van der Waals surface area contributed by atoms with Crippen LogP contribution in [0.5, 0.6) is 0 Å². The van der Waals surface area contributed by atoms with Crippen molar-refractivity contribution in [2.75, 3.05) is 0 Å². The van der Waals surface area contributed by atoms with Crippen molar-refractivity contribution in [1.29, 1.82) is 0 Å². The molecule has 0 aromatic carbocycles. The predicted molar refractivity (Wildman–Crippen MR) is 370 cm³/mol. The predicted octanol–water partition coefficient (Wildman–Crippen LogP) is 29.5. The normalized spacial score (nSPS) is 15.7. The third kappa shape index (κ3) is 38.1. The van der Waals surface area contributed by atoms with Gasteiger partial charge in [0.25, 0.3) is 0 Å². The Bertz CT molecular complexity index is 1360. The van der Waals surface area contributed by atoms with Gasteiger partial charge in [0, 0.05) is 5.41 Å². The zero-order valence-corrected chi connectivity index (χ0v) is 57.8. The molecule has 0 fully saturated rings. The van der Waals surface area contributed by atoms with Crippen molar-refractivity contribution in [2.24, 2.45) is 34.5 Å². The Hall–Kier alpha value is -1.04. The lowest BCUT2D eigenvalue weighted by Gasteiger charge is -2.58. The van der Waals surface area contributed by atoms with Gasteiger partial charge in [0.2, 0.25) is 0 Å². The molecule has 0 heteroatoms. The van der Waals surface area contributed by atoms with Gasteiger partial charge in [-0.05, 0) is 131 Å². The van der Waals surface area contributed by atoms with Gasteiger partial charge in [-0.2, -0.15) is 0 Å². The van der Waals surface area contributed by atoms with Crippen LogP contribution in [0.15, 0.2) is 48.1 Å². The van der Waals surface area contributed by atoms with E-state index in [1.165, 1.54) is 340 Å². The number of rotatable bonds is 63. The van der Waals surface area contributed by atoms with Gasteiger partial charge in [0.05, 0.1) is 0 Å². The maximum absolute atomic E-state index is 3.16. The second kappa shape index (κ2) is 58.3. The van der Waals surface area contributed by atoms with E-state index in [1.807, 2.05) is 5.57 Å². The van der Waals surface area contributed by atoms with Crippen LogP contribution in [0.25, 0.3) is 0 Å². The van der Waals surface area contributed by atoms with Crippen molar-refractivity contribution in [3.8, 4) is 0 Å². The van der Waals surface area contributed by atoms with Crippen LogP contribution in [0.4, 0.5) is 0 Å². The molecule has 0 aliphatic rings. The van der Waals surface area contributed by atoms with Crippen LogP contribution >= 0.6 is 0 Å². The average Bonchev–Trinajstić information content (AvgIpc) is 3.55. The summed E-state index contributed by atoms with van der Waals surface area (Å²) in [6, 6.07) is 0. The zero-order chi connectivity index (χ0) is 58.9. The first-order valence-electron chi connectivity index (χ1n) is 37.8. The summed E-state index contributed by atoms with van der Waals surface area (Å²) < 4.78 is 0. The Morgan fingerprint density at radius 2 is 0.637 bits per heavy atom. The van der Waals surface area contributed by atoms with Crippen LogP contribution in [-0.4, -0.2) is 0 Å². The van der Waals surface area contributed by atoms with Crippen LogP contribution in [0.2, 0.25) is 0 Å². The highest BCUT2D eigenvalue weighted by Crippen LogP contribution is 2.65. The molecule has 0 aliphatic heterocycles. The van der Waals surface area contributed by atoms with Crippen LogP contribution < -0.4 is 0 Å². The smallest absolute Gasteiger partial charge is 0.0158 e. The second-order valence-corrected chi connectivity index (χ2v) is 27.0. The SMILES string of the molecule is CCCCCC=C(CC(CCC)CCCCC)C(C=CCCCCCCCC)(CC(CCC)CCCCC)C(CC=CCCCCCCC)(CC(CCC)CCCCC)[C](CCC=CCCCCCC)CC(CCC)CCCCC. The Balaban J connectivity index is 9.79. The summed E-state index contributed by atoms with van der Waals surface area (Å²) in [7, 11) is 0. The summed E-state index contributed by atoms with van der Waals surface area (Å²) in [6.45, 7) is 29.5. The monoisotopic (exact) mass is 1110 g/mol. The molecular weight excluding hydrogens is 961 g/mol. The van der Waals surface area contributed by atoms with Gasteiger partial charge in [-0.15, -0.1) is 0 Å². The first-order valence-corrected chi connectivity index (χ1v) is 37.8. The first kappa shape index (κ1) is 79.0. The van der Waals surface area contributed by atoms with E-state index in [1.54, 1.807) is 0 Å². The Morgan fingerprint density at radius 1 is 0.287 bits per heavy atom. The van der Waals surface area contributed by atoms with E-state index in [2.05, 4.69) is 132 Å². The molecule has 80 heavy (non-hydrogen) atoms. The summed E-state index contributed by atoms with van der Waals surface area (Å²) in [5, 5.41) is 0. The Labute approximate surface area is 509 Å². The number of allylic oxidation sites excluding steroid dienone is 8. The molecule has 0 aliphatic carbocycles. The van der Waals surface area contributed by atoms with Crippen molar-refractivity contribution in [3.05, 3.63) is 54.0 Å². The zero-order valence-electron chi connectivity index (χ0n) is 57.8. The molecule has 0 bridgehead atoms. The third-order valence-electron chi connectivity index (χ3n) is 19.5. The molecule has 0 rings (SSSR count). The van der Waals surface area contributed by atoms with E-state index in [0.717, 1.165) is 23.7 Å². The average molecular weight is 1120 g/mol. The van der Waals surface area contributed by atoms with Gasteiger partial charge in [-0.1, -0.05) is 375 Å². The minimum absolute atomic E-state index is 0.00811. The van der Waals surface area contributed by atoms with Crippen molar-refractivity contribution in [2.45, 2.75) is 423 Å². The van der Waals surface area contributed by atoms with Gasteiger partial charge >= 0.3 is 0 Å². The van der Waals surface area contributed by atoms with Crippen LogP contribution in [0.1, 0.15) is 423 Å². The molecule has 0 heterocycles. The fraction of sp³-hybridized carbons (Fsp3) is 0.887. The third-order valence-corrected chi connectivity index (χ3v) is 19.5. The molecule has 0 amide bonds. The minimum Gasteiger partial charge on any atom is -0.0885 e. The van der Waals surface area contributed by atoms with Gasteiger partial charge < -0.3 is 0 Å². The molecule has 473 valence electrons. The van der Waals surface area contributed by atoms with Crippen LogP contribution in [0.3, 0.4) is 0 Å². The molecule has 0 N–H and O–H groups in total. The molecule has 0 saturated heterocycles. The molecule has 6 atom stereocenters. The van der Waals surface area contributed by atoms with E-state index in [-0.39, 0.29) is 10.8 Å². The Kier molecular flexibility index (Phi) is 57.6. The Morgan fingerprint density at radius 3 is 1.12 bits per heavy atom. The highest BCUT2D eigenvalue weighted by atomic mass is 14.6. The van der Waals surface area contributed by atoms with Crippen molar-refractivity contribution < 1.29 is 0 Å². The number of hydrogen-bond donors (Lipinski definition) is 0. The molecule has 1 radical (unpaired) electrons. The van der Waals surface area contributed by atoms with Crippen LogP contribution in [0, 0.1) is 40.4 Å². The maximum Gasteiger partial charge on any atom is 0.0158 e. The van der Waals surface area contributed by atoms with E-state index < -0.39 is 0 Å². The molecule has 6 unspecified atom stereocenters. The molecule has 0 saturated carbocycles. The summed E-state index contributed by atoms with van der Waals surface area (Å²) in [4.78, 5) is 0. The van der Waals surface area contributed by atoms with E-state index >= 15 is 0 Å². The summed E-state index contributed by atoms with van der Waals surface area (Å²) >= 11 is 0. The molecule has 0 aromatic heterocycles. The van der Waals surface area contributed by atoms with E-state index in [9.17, 15) is 0 Å². The quantitative estimate of drug-likeness (QED) is 0.0421. The lowest BCUT2D eigenvalue weighted by Crippen LogP contribution is -2.50. The molecule has 0 aromatic rings. The van der Waals surface area contributed by atoms with Crippen molar-refractivity contribution in [1.82, 2.24) is 0 Å². The van der Waals surface area contributed by atoms with Gasteiger partial charge in [0.15, 0.2) is 0 Å².